The Morgan fingerprint density at radius 1 is 1.20 bits per heavy atom. The van der Waals surface area contributed by atoms with Gasteiger partial charge in [0.25, 0.3) is 0 Å². The summed E-state index contributed by atoms with van der Waals surface area (Å²) in [6, 6.07) is 8.71. The zero-order valence-corrected chi connectivity index (χ0v) is 8.83. The minimum atomic E-state index is -3.24. The van der Waals surface area contributed by atoms with E-state index in [1.165, 1.54) is 0 Å². The van der Waals surface area contributed by atoms with Crippen LogP contribution in [0.5, 0.6) is 0 Å². The fraction of sp³-hybridized carbons (Fsp3) is 0.300. The maximum Gasteiger partial charge on any atom is 0.235 e. The van der Waals surface area contributed by atoms with E-state index in [1.807, 2.05) is 30.3 Å². The molecule has 1 aromatic carbocycles. The molecule has 0 spiro atoms. The van der Waals surface area contributed by atoms with E-state index in [4.69, 9.17) is 0 Å². The second-order valence-corrected chi connectivity index (χ2v) is 5.69. The summed E-state index contributed by atoms with van der Waals surface area (Å²) < 4.78 is 22.8. The number of amides is 1. The number of carbonyl (C=O) groups excluding carboxylic acids is 1. The van der Waals surface area contributed by atoms with Crippen molar-refractivity contribution in [1.29, 1.82) is 0 Å². The molecule has 1 N–H and O–H groups in total. The van der Waals surface area contributed by atoms with Crippen molar-refractivity contribution in [2.45, 2.75) is 6.04 Å². The van der Waals surface area contributed by atoms with Crippen molar-refractivity contribution in [3.05, 3.63) is 35.9 Å². The molecular formula is C10H11NO3S. The molecule has 0 saturated carbocycles. The number of hydrogen-bond donors (Lipinski definition) is 1. The fourth-order valence-electron chi connectivity index (χ4n) is 1.66. The highest BCUT2D eigenvalue weighted by Crippen LogP contribution is 2.18. The lowest BCUT2D eigenvalue weighted by Gasteiger charge is -2.23. The van der Waals surface area contributed by atoms with Gasteiger partial charge in [-0.25, -0.2) is 8.42 Å². The monoisotopic (exact) mass is 225 g/mol. The Kier molecular flexibility index (Phi) is 2.48. The first-order valence-electron chi connectivity index (χ1n) is 4.61. The molecule has 0 radical (unpaired) electrons. The molecule has 2 rings (SSSR count). The molecule has 0 aliphatic carbocycles. The van der Waals surface area contributed by atoms with Crippen molar-refractivity contribution in [2.75, 3.05) is 11.5 Å². The number of nitrogens with one attached hydrogen (secondary N) is 1. The largest absolute Gasteiger partial charge is 0.347 e. The first-order chi connectivity index (χ1) is 7.07. The second-order valence-electron chi connectivity index (χ2n) is 3.59. The molecule has 15 heavy (non-hydrogen) atoms. The van der Waals surface area contributed by atoms with Crippen molar-refractivity contribution in [3.8, 4) is 0 Å². The maximum absolute atomic E-state index is 11.4. The third kappa shape index (κ3) is 2.36. The Balaban J connectivity index is 2.28. The molecule has 1 atom stereocenters. The Morgan fingerprint density at radius 2 is 1.87 bits per heavy atom. The standard InChI is InChI=1S/C10H11NO3S/c12-10-7-15(13,14)6-9(11-10)8-4-2-1-3-5-8/h1-5,9H,6-7H2,(H,11,12). The summed E-state index contributed by atoms with van der Waals surface area (Å²) in [6.07, 6.45) is 0. The Hall–Kier alpha value is -1.36. The van der Waals surface area contributed by atoms with E-state index >= 15 is 0 Å². The van der Waals surface area contributed by atoms with Crippen LogP contribution < -0.4 is 5.32 Å². The predicted octanol–water partition coefficient (Wildman–Crippen LogP) is 0.272. The van der Waals surface area contributed by atoms with Crippen LogP contribution in [-0.2, 0) is 14.6 Å². The van der Waals surface area contributed by atoms with Crippen LogP contribution in [-0.4, -0.2) is 25.8 Å². The van der Waals surface area contributed by atoms with Crippen LogP contribution in [0.3, 0.4) is 0 Å². The van der Waals surface area contributed by atoms with Crippen LogP contribution in [0.4, 0.5) is 0 Å². The molecule has 1 aromatic rings. The third-order valence-electron chi connectivity index (χ3n) is 2.31. The summed E-state index contributed by atoms with van der Waals surface area (Å²) in [6.45, 7) is 0. The van der Waals surface area contributed by atoms with Crippen LogP contribution in [0.25, 0.3) is 0 Å². The molecule has 0 bridgehead atoms. The molecule has 1 aliphatic rings. The molecular weight excluding hydrogens is 214 g/mol. The number of carbonyl (C=O) groups is 1. The average molecular weight is 225 g/mol. The van der Waals surface area contributed by atoms with Crippen LogP contribution in [0.15, 0.2) is 30.3 Å². The van der Waals surface area contributed by atoms with E-state index < -0.39 is 27.5 Å². The molecule has 4 nitrogen and oxygen atoms in total. The zero-order chi connectivity index (χ0) is 10.9. The number of hydrogen-bond acceptors (Lipinski definition) is 3. The topological polar surface area (TPSA) is 63.2 Å². The normalized spacial score (nSPS) is 24.5. The Labute approximate surface area is 88.2 Å². The van der Waals surface area contributed by atoms with Crippen molar-refractivity contribution < 1.29 is 13.2 Å². The smallest absolute Gasteiger partial charge is 0.235 e. The summed E-state index contributed by atoms with van der Waals surface area (Å²) in [7, 11) is -3.24. The average Bonchev–Trinajstić information content (AvgIpc) is 2.16. The fourth-order valence-corrected chi connectivity index (χ4v) is 3.04. The second kappa shape index (κ2) is 3.66. The quantitative estimate of drug-likeness (QED) is 0.746. The molecule has 1 fully saturated rings. The molecule has 1 unspecified atom stereocenters. The number of benzene rings is 1. The first kappa shape index (κ1) is 10.2. The molecule has 5 heteroatoms. The van der Waals surface area contributed by atoms with Gasteiger partial charge < -0.3 is 5.32 Å². The van der Waals surface area contributed by atoms with Crippen molar-refractivity contribution in [1.82, 2.24) is 5.32 Å². The SMILES string of the molecule is O=C1CS(=O)(=O)CC(c2ccccc2)N1. The Morgan fingerprint density at radius 3 is 2.47 bits per heavy atom. The highest BCUT2D eigenvalue weighted by molar-refractivity contribution is 7.92. The molecule has 1 saturated heterocycles. The zero-order valence-electron chi connectivity index (χ0n) is 8.01. The van der Waals surface area contributed by atoms with Gasteiger partial charge in [-0.2, -0.15) is 0 Å². The predicted molar refractivity (Wildman–Crippen MR) is 56.0 cm³/mol. The Bertz CT molecular complexity index is 467. The van der Waals surface area contributed by atoms with E-state index in [2.05, 4.69) is 5.32 Å². The maximum atomic E-state index is 11.4. The number of rotatable bonds is 1. The van der Waals surface area contributed by atoms with E-state index in [1.54, 1.807) is 0 Å². The van der Waals surface area contributed by atoms with Gasteiger partial charge in [0, 0.05) is 0 Å². The van der Waals surface area contributed by atoms with Crippen molar-refractivity contribution in [3.63, 3.8) is 0 Å². The summed E-state index contributed by atoms with van der Waals surface area (Å²) in [5.41, 5.74) is 0.828. The summed E-state index contributed by atoms with van der Waals surface area (Å²) in [5, 5.41) is 2.67. The molecule has 0 aromatic heterocycles. The molecule has 80 valence electrons. The van der Waals surface area contributed by atoms with E-state index in [0.717, 1.165) is 5.56 Å². The van der Waals surface area contributed by atoms with Crippen LogP contribution >= 0.6 is 0 Å². The lowest BCUT2D eigenvalue weighted by molar-refractivity contribution is -0.119. The number of sulfone groups is 1. The molecule has 1 heterocycles. The van der Waals surface area contributed by atoms with Gasteiger partial charge in [-0.3, -0.25) is 4.79 Å². The van der Waals surface area contributed by atoms with Gasteiger partial charge in [0.1, 0.15) is 5.75 Å². The molecule has 1 aliphatic heterocycles. The van der Waals surface area contributed by atoms with E-state index in [9.17, 15) is 13.2 Å². The van der Waals surface area contributed by atoms with Crippen LogP contribution in [0.1, 0.15) is 11.6 Å². The van der Waals surface area contributed by atoms with Crippen molar-refractivity contribution >= 4 is 15.7 Å². The molecule has 1 amide bonds. The minimum Gasteiger partial charge on any atom is -0.347 e. The van der Waals surface area contributed by atoms with Crippen LogP contribution in [0.2, 0.25) is 0 Å². The van der Waals surface area contributed by atoms with Crippen LogP contribution in [0, 0.1) is 0 Å². The summed E-state index contributed by atoms with van der Waals surface area (Å²) in [5.74, 6) is -0.825. The lowest BCUT2D eigenvalue weighted by atomic mass is 10.1. The van der Waals surface area contributed by atoms with Gasteiger partial charge in [-0.1, -0.05) is 30.3 Å². The highest BCUT2D eigenvalue weighted by Gasteiger charge is 2.30. The van der Waals surface area contributed by atoms with Gasteiger partial charge in [-0.05, 0) is 5.56 Å². The highest BCUT2D eigenvalue weighted by atomic mass is 32.2. The third-order valence-corrected chi connectivity index (χ3v) is 3.85. The summed E-state index contributed by atoms with van der Waals surface area (Å²) >= 11 is 0. The lowest BCUT2D eigenvalue weighted by Crippen LogP contribution is -2.43. The summed E-state index contributed by atoms with van der Waals surface area (Å²) in [4.78, 5) is 11.2. The first-order valence-corrected chi connectivity index (χ1v) is 6.44. The van der Waals surface area contributed by atoms with E-state index in [0.29, 0.717) is 0 Å². The van der Waals surface area contributed by atoms with Gasteiger partial charge in [0.2, 0.25) is 5.91 Å². The van der Waals surface area contributed by atoms with Gasteiger partial charge in [0.05, 0.1) is 11.8 Å². The van der Waals surface area contributed by atoms with Gasteiger partial charge in [0.15, 0.2) is 9.84 Å². The minimum absolute atomic E-state index is 0.0112. The van der Waals surface area contributed by atoms with Gasteiger partial charge in [-0.15, -0.1) is 0 Å². The van der Waals surface area contributed by atoms with Crippen molar-refractivity contribution in [2.24, 2.45) is 0 Å². The van der Waals surface area contributed by atoms with Gasteiger partial charge >= 0.3 is 0 Å². The van der Waals surface area contributed by atoms with E-state index in [-0.39, 0.29) is 5.75 Å².